The molecule has 2 rings (SSSR count). The molecule has 1 aliphatic heterocycles. The SMILES string of the molecule is CC(C)CC1CCCC(NCC(C)CN2CCCCC2)C1. The molecule has 3 unspecified atom stereocenters. The van der Waals surface area contributed by atoms with E-state index in [1.54, 1.807) is 0 Å². The third-order valence-electron chi connectivity index (χ3n) is 5.36. The summed E-state index contributed by atoms with van der Waals surface area (Å²) in [6, 6.07) is 0.798. The lowest BCUT2D eigenvalue weighted by Gasteiger charge is -2.33. The number of hydrogen-bond acceptors (Lipinski definition) is 2. The summed E-state index contributed by atoms with van der Waals surface area (Å²) in [7, 11) is 0. The first-order valence-corrected chi connectivity index (χ1v) is 9.59. The molecule has 2 fully saturated rings. The average Bonchev–Trinajstić information content (AvgIpc) is 2.46. The fourth-order valence-electron chi connectivity index (χ4n) is 4.37. The van der Waals surface area contributed by atoms with Crippen LogP contribution in [0, 0.1) is 17.8 Å². The van der Waals surface area contributed by atoms with Crippen molar-refractivity contribution in [1.82, 2.24) is 10.2 Å². The van der Waals surface area contributed by atoms with Gasteiger partial charge in [0.1, 0.15) is 0 Å². The van der Waals surface area contributed by atoms with Crippen molar-refractivity contribution < 1.29 is 0 Å². The summed E-state index contributed by atoms with van der Waals surface area (Å²) in [4.78, 5) is 2.68. The number of nitrogens with zero attached hydrogens (tertiary/aromatic N) is 1. The van der Waals surface area contributed by atoms with Gasteiger partial charge in [-0.2, -0.15) is 0 Å². The molecule has 0 aromatic heterocycles. The Bertz CT molecular complexity index is 271. The van der Waals surface area contributed by atoms with Crippen molar-refractivity contribution in [2.75, 3.05) is 26.2 Å². The Morgan fingerprint density at radius 1 is 1.00 bits per heavy atom. The van der Waals surface area contributed by atoms with Gasteiger partial charge in [-0.25, -0.2) is 0 Å². The van der Waals surface area contributed by atoms with E-state index in [1.807, 2.05) is 0 Å². The van der Waals surface area contributed by atoms with Crippen LogP contribution in [0.15, 0.2) is 0 Å². The molecule has 1 N–H and O–H groups in total. The van der Waals surface area contributed by atoms with Crippen LogP contribution in [-0.4, -0.2) is 37.1 Å². The molecule has 124 valence electrons. The summed E-state index contributed by atoms with van der Waals surface area (Å²) in [5.41, 5.74) is 0. The predicted octanol–water partition coefficient (Wildman–Crippen LogP) is 4.30. The van der Waals surface area contributed by atoms with Crippen molar-refractivity contribution in [3.63, 3.8) is 0 Å². The summed E-state index contributed by atoms with van der Waals surface area (Å²) < 4.78 is 0. The number of hydrogen-bond donors (Lipinski definition) is 1. The van der Waals surface area contributed by atoms with Gasteiger partial charge in [-0.05, 0) is 69.5 Å². The summed E-state index contributed by atoms with van der Waals surface area (Å²) >= 11 is 0. The zero-order chi connectivity index (χ0) is 15.1. The van der Waals surface area contributed by atoms with E-state index >= 15 is 0 Å². The topological polar surface area (TPSA) is 15.3 Å². The van der Waals surface area contributed by atoms with Crippen LogP contribution in [0.3, 0.4) is 0 Å². The van der Waals surface area contributed by atoms with Crippen molar-refractivity contribution >= 4 is 0 Å². The first kappa shape index (κ1) is 17.3. The van der Waals surface area contributed by atoms with Crippen LogP contribution in [0.25, 0.3) is 0 Å². The van der Waals surface area contributed by atoms with Gasteiger partial charge < -0.3 is 10.2 Å². The van der Waals surface area contributed by atoms with Crippen LogP contribution >= 0.6 is 0 Å². The highest BCUT2D eigenvalue weighted by molar-refractivity contribution is 4.79. The number of rotatable bonds is 7. The van der Waals surface area contributed by atoms with Crippen molar-refractivity contribution in [3.05, 3.63) is 0 Å². The normalized spacial score (nSPS) is 29.7. The van der Waals surface area contributed by atoms with E-state index in [0.717, 1.165) is 23.8 Å². The molecule has 21 heavy (non-hydrogen) atoms. The fourth-order valence-corrected chi connectivity index (χ4v) is 4.37. The molecule has 0 radical (unpaired) electrons. The predicted molar refractivity (Wildman–Crippen MR) is 92.7 cm³/mol. The van der Waals surface area contributed by atoms with Crippen LogP contribution < -0.4 is 5.32 Å². The molecule has 0 bridgehead atoms. The molecule has 0 spiro atoms. The first-order chi connectivity index (χ1) is 10.1. The molecule has 3 atom stereocenters. The Balaban J connectivity index is 1.62. The van der Waals surface area contributed by atoms with Crippen LogP contribution in [0.2, 0.25) is 0 Å². The van der Waals surface area contributed by atoms with Gasteiger partial charge in [-0.3, -0.25) is 0 Å². The lowest BCUT2D eigenvalue weighted by molar-refractivity contribution is 0.190. The van der Waals surface area contributed by atoms with Crippen LogP contribution in [0.4, 0.5) is 0 Å². The monoisotopic (exact) mass is 294 g/mol. The van der Waals surface area contributed by atoms with Crippen molar-refractivity contribution in [3.8, 4) is 0 Å². The van der Waals surface area contributed by atoms with Gasteiger partial charge in [-0.15, -0.1) is 0 Å². The summed E-state index contributed by atoms with van der Waals surface area (Å²) in [5, 5.41) is 3.89. The largest absolute Gasteiger partial charge is 0.314 e. The van der Waals surface area contributed by atoms with Crippen molar-refractivity contribution in [1.29, 1.82) is 0 Å². The molecule has 1 saturated carbocycles. The molecule has 2 heteroatoms. The van der Waals surface area contributed by atoms with Gasteiger partial charge in [0.15, 0.2) is 0 Å². The van der Waals surface area contributed by atoms with E-state index in [9.17, 15) is 0 Å². The van der Waals surface area contributed by atoms with E-state index in [-0.39, 0.29) is 0 Å². The standard InChI is InChI=1S/C19H38N2/c1-16(2)12-18-8-7-9-19(13-18)20-14-17(3)15-21-10-5-4-6-11-21/h16-20H,4-15H2,1-3H3. The lowest BCUT2D eigenvalue weighted by Crippen LogP contribution is -2.41. The molecule has 2 nitrogen and oxygen atoms in total. The highest BCUT2D eigenvalue weighted by Gasteiger charge is 2.23. The highest BCUT2D eigenvalue weighted by atomic mass is 15.1. The minimum absolute atomic E-state index is 0.798. The van der Waals surface area contributed by atoms with Crippen LogP contribution in [0.1, 0.15) is 72.1 Å². The Hall–Kier alpha value is -0.0800. The van der Waals surface area contributed by atoms with Crippen molar-refractivity contribution in [2.45, 2.75) is 78.2 Å². The van der Waals surface area contributed by atoms with Gasteiger partial charge in [0.2, 0.25) is 0 Å². The second-order valence-electron chi connectivity index (χ2n) is 8.23. The molecule has 1 aliphatic carbocycles. The number of piperidine rings is 1. The Kier molecular flexibility index (Phi) is 7.53. The molecular formula is C19H38N2. The fraction of sp³-hybridized carbons (Fsp3) is 1.00. The smallest absolute Gasteiger partial charge is 0.00698 e. The van der Waals surface area contributed by atoms with Gasteiger partial charge >= 0.3 is 0 Å². The maximum absolute atomic E-state index is 3.89. The zero-order valence-corrected chi connectivity index (χ0v) is 14.7. The molecule has 0 amide bonds. The Morgan fingerprint density at radius 2 is 1.76 bits per heavy atom. The third kappa shape index (κ3) is 6.69. The average molecular weight is 295 g/mol. The number of nitrogens with one attached hydrogen (secondary N) is 1. The van der Waals surface area contributed by atoms with Crippen molar-refractivity contribution in [2.24, 2.45) is 17.8 Å². The molecule has 0 aromatic rings. The van der Waals surface area contributed by atoms with Crippen LogP contribution in [0.5, 0.6) is 0 Å². The molecule has 1 saturated heterocycles. The highest BCUT2D eigenvalue weighted by Crippen LogP contribution is 2.29. The minimum atomic E-state index is 0.798. The molecular weight excluding hydrogens is 256 g/mol. The first-order valence-electron chi connectivity index (χ1n) is 9.59. The second-order valence-corrected chi connectivity index (χ2v) is 8.23. The maximum Gasteiger partial charge on any atom is 0.00698 e. The zero-order valence-electron chi connectivity index (χ0n) is 14.7. The van der Waals surface area contributed by atoms with E-state index < -0.39 is 0 Å². The Morgan fingerprint density at radius 3 is 2.48 bits per heavy atom. The van der Waals surface area contributed by atoms with Crippen LogP contribution in [-0.2, 0) is 0 Å². The van der Waals surface area contributed by atoms with Gasteiger partial charge in [-0.1, -0.05) is 40.0 Å². The second kappa shape index (κ2) is 9.15. The Labute approximate surface area is 133 Å². The minimum Gasteiger partial charge on any atom is -0.314 e. The van der Waals surface area contributed by atoms with Gasteiger partial charge in [0.25, 0.3) is 0 Å². The van der Waals surface area contributed by atoms with E-state index in [2.05, 4.69) is 31.0 Å². The van der Waals surface area contributed by atoms with Gasteiger partial charge in [0, 0.05) is 12.6 Å². The van der Waals surface area contributed by atoms with E-state index in [0.29, 0.717) is 0 Å². The van der Waals surface area contributed by atoms with Gasteiger partial charge in [0.05, 0.1) is 0 Å². The molecule has 0 aromatic carbocycles. The quantitative estimate of drug-likeness (QED) is 0.753. The summed E-state index contributed by atoms with van der Waals surface area (Å²) in [5.74, 6) is 2.65. The molecule has 2 aliphatic rings. The van der Waals surface area contributed by atoms with E-state index in [1.165, 1.54) is 77.5 Å². The third-order valence-corrected chi connectivity index (χ3v) is 5.36. The summed E-state index contributed by atoms with van der Waals surface area (Å²) in [6.45, 7) is 12.4. The lowest BCUT2D eigenvalue weighted by atomic mass is 9.81. The number of likely N-dealkylation sites (tertiary alicyclic amines) is 1. The van der Waals surface area contributed by atoms with E-state index in [4.69, 9.17) is 0 Å². The summed E-state index contributed by atoms with van der Waals surface area (Å²) in [6.07, 6.45) is 11.5. The maximum atomic E-state index is 3.89. The molecule has 1 heterocycles.